The standard InChI is InChI=1S/C16H18N2O2S/c1-2-14-17-12(10-21-14)9-18-8-7-11-5-3-4-6-13(11)15(18)16(19)20/h3-6,10,15H,2,7-9H2,1H3,(H,19,20). The molecule has 0 saturated heterocycles. The van der Waals surface area contributed by atoms with Crippen LogP contribution < -0.4 is 0 Å². The summed E-state index contributed by atoms with van der Waals surface area (Å²) < 4.78 is 0. The van der Waals surface area contributed by atoms with E-state index in [-0.39, 0.29) is 0 Å². The Morgan fingerprint density at radius 3 is 3.00 bits per heavy atom. The number of aryl methyl sites for hydroxylation is 1. The fourth-order valence-corrected chi connectivity index (χ4v) is 3.61. The lowest BCUT2D eigenvalue weighted by Gasteiger charge is -2.34. The molecule has 3 rings (SSSR count). The minimum Gasteiger partial charge on any atom is -0.480 e. The third-order valence-corrected chi connectivity index (χ3v) is 4.93. The summed E-state index contributed by atoms with van der Waals surface area (Å²) in [5.74, 6) is -0.784. The van der Waals surface area contributed by atoms with E-state index in [0.29, 0.717) is 6.54 Å². The number of carbonyl (C=O) groups is 1. The highest BCUT2D eigenvalue weighted by molar-refractivity contribution is 7.09. The van der Waals surface area contributed by atoms with E-state index in [1.54, 1.807) is 11.3 Å². The number of thiazole rings is 1. The van der Waals surface area contributed by atoms with E-state index in [4.69, 9.17) is 0 Å². The maximum Gasteiger partial charge on any atom is 0.325 e. The van der Waals surface area contributed by atoms with E-state index in [2.05, 4.69) is 11.9 Å². The lowest BCUT2D eigenvalue weighted by Crippen LogP contribution is -2.39. The molecule has 1 unspecified atom stereocenters. The van der Waals surface area contributed by atoms with Gasteiger partial charge in [0.15, 0.2) is 0 Å². The van der Waals surface area contributed by atoms with Crippen molar-refractivity contribution in [3.05, 3.63) is 51.5 Å². The van der Waals surface area contributed by atoms with E-state index < -0.39 is 12.0 Å². The highest BCUT2D eigenvalue weighted by atomic mass is 32.1. The molecule has 1 aliphatic rings. The molecule has 1 aliphatic heterocycles. The topological polar surface area (TPSA) is 53.4 Å². The number of hydrogen-bond donors (Lipinski definition) is 1. The first-order chi connectivity index (χ1) is 10.2. The molecular weight excluding hydrogens is 284 g/mol. The molecule has 1 atom stereocenters. The first-order valence-electron chi connectivity index (χ1n) is 7.17. The van der Waals surface area contributed by atoms with Gasteiger partial charge in [0.05, 0.1) is 10.7 Å². The van der Waals surface area contributed by atoms with Crippen LogP contribution in [0.15, 0.2) is 29.6 Å². The number of hydrogen-bond acceptors (Lipinski definition) is 4. The number of aromatic nitrogens is 1. The Labute approximate surface area is 128 Å². The maximum absolute atomic E-state index is 11.7. The van der Waals surface area contributed by atoms with Gasteiger partial charge in [-0.2, -0.15) is 0 Å². The SMILES string of the molecule is CCc1nc(CN2CCc3ccccc3C2C(=O)O)cs1. The fourth-order valence-electron chi connectivity index (χ4n) is 2.87. The number of carboxylic acids is 1. The van der Waals surface area contributed by atoms with E-state index in [9.17, 15) is 9.90 Å². The highest BCUT2D eigenvalue weighted by Crippen LogP contribution is 2.31. The zero-order chi connectivity index (χ0) is 14.8. The van der Waals surface area contributed by atoms with Gasteiger partial charge in [-0.3, -0.25) is 9.69 Å². The van der Waals surface area contributed by atoms with Crippen LogP contribution in [0.1, 0.15) is 34.8 Å². The van der Waals surface area contributed by atoms with E-state index >= 15 is 0 Å². The number of benzene rings is 1. The molecule has 0 spiro atoms. The van der Waals surface area contributed by atoms with Gasteiger partial charge in [0.25, 0.3) is 0 Å². The second kappa shape index (κ2) is 5.95. The normalized spacial score (nSPS) is 18.4. The van der Waals surface area contributed by atoms with Crippen molar-refractivity contribution in [3.63, 3.8) is 0 Å². The van der Waals surface area contributed by atoms with Crippen molar-refractivity contribution in [1.82, 2.24) is 9.88 Å². The quantitative estimate of drug-likeness (QED) is 0.943. The lowest BCUT2D eigenvalue weighted by molar-refractivity contribution is -0.144. The van der Waals surface area contributed by atoms with Crippen LogP contribution in [0.2, 0.25) is 0 Å². The Bertz CT molecular complexity index is 653. The fraction of sp³-hybridized carbons (Fsp3) is 0.375. The summed E-state index contributed by atoms with van der Waals surface area (Å²) in [7, 11) is 0. The van der Waals surface area contributed by atoms with Crippen molar-refractivity contribution in [1.29, 1.82) is 0 Å². The van der Waals surface area contributed by atoms with Crippen LogP contribution in [0.5, 0.6) is 0 Å². The Morgan fingerprint density at radius 1 is 1.48 bits per heavy atom. The Balaban J connectivity index is 1.87. The Kier molecular flexibility index (Phi) is 4.03. The second-order valence-corrected chi connectivity index (χ2v) is 6.19. The van der Waals surface area contributed by atoms with Crippen LogP contribution >= 0.6 is 11.3 Å². The van der Waals surface area contributed by atoms with Gasteiger partial charge in [0.1, 0.15) is 6.04 Å². The van der Waals surface area contributed by atoms with Gasteiger partial charge in [0, 0.05) is 18.5 Å². The number of nitrogens with zero attached hydrogens (tertiary/aromatic N) is 2. The highest BCUT2D eigenvalue weighted by Gasteiger charge is 2.32. The minimum absolute atomic E-state index is 0.568. The molecule has 110 valence electrons. The van der Waals surface area contributed by atoms with Gasteiger partial charge in [-0.15, -0.1) is 11.3 Å². The minimum atomic E-state index is -0.784. The van der Waals surface area contributed by atoms with Gasteiger partial charge in [-0.25, -0.2) is 4.98 Å². The number of fused-ring (bicyclic) bond motifs is 1. The van der Waals surface area contributed by atoms with Crippen LogP contribution in [-0.2, 0) is 24.2 Å². The number of aliphatic carboxylic acids is 1. The monoisotopic (exact) mass is 302 g/mol. The molecule has 0 bridgehead atoms. The van der Waals surface area contributed by atoms with Crippen LogP contribution in [-0.4, -0.2) is 27.5 Å². The van der Waals surface area contributed by atoms with Crippen LogP contribution in [0, 0.1) is 0 Å². The van der Waals surface area contributed by atoms with Crippen molar-refractivity contribution in [2.75, 3.05) is 6.54 Å². The van der Waals surface area contributed by atoms with Crippen molar-refractivity contribution in [2.24, 2.45) is 0 Å². The van der Waals surface area contributed by atoms with Crippen LogP contribution in [0.25, 0.3) is 0 Å². The Hall–Kier alpha value is -1.72. The molecule has 2 heterocycles. The molecule has 21 heavy (non-hydrogen) atoms. The van der Waals surface area contributed by atoms with Gasteiger partial charge in [-0.05, 0) is 24.0 Å². The van der Waals surface area contributed by atoms with Gasteiger partial charge < -0.3 is 5.11 Å². The summed E-state index contributed by atoms with van der Waals surface area (Å²) in [5, 5.41) is 12.8. The van der Waals surface area contributed by atoms with Crippen molar-refractivity contribution < 1.29 is 9.90 Å². The molecule has 0 fully saturated rings. The molecule has 1 aromatic heterocycles. The molecule has 0 aliphatic carbocycles. The smallest absolute Gasteiger partial charge is 0.325 e. The lowest BCUT2D eigenvalue weighted by atomic mass is 9.92. The second-order valence-electron chi connectivity index (χ2n) is 5.25. The average Bonchev–Trinajstić information content (AvgIpc) is 2.94. The molecule has 0 radical (unpaired) electrons. The molecule has 5 heteroatoms. The number of carboxylic acid groups (broad SMARTS) is 1. The van der Waals surface area contributed by atoms with E-state index in [1.807, 2.05) is 34.5 Å². The molecular formula is C16H18N2O2S. The number of rotatable bonds is 4. The zero-order valence-corrected chi connectivity index (χ0v) is 12.8. The molecule has 1 N–H and O–H groups in total. The maximum atomic E-state index is 11.7. The predicted octanol–water partition coefficient (Wildman–Crippen LogP) is 2.89. The summed E-state index contributed by atoms with van der Waals surface area (Å²) in [6, 6.07) is 7.28. The average molecular weight is 302 g/mol. The van der Waals surface area contributed by atoms with Crippen molar-refractivity contribution >= 4 is 17.3 Å². The molecule has 0 amide bonds. The molecule has 0 saturated carbocycles. The summed E-state index contributed by atoms with van der Waals surface area (Å²) >= 11 is 1.65. The first-order valence-corrected chi connectivity index (χ1v) is 8.05. The van der Waals surface area contributed by atoms with Crippen molar-refractivity contribution in [2.45, 2.75) is 32.4 Å². The van der Waals surface area contributed by atoms with Gasteiger partial charge >= 0.3 is 5.97 Å². The summed E-state index contributed by atoms with van der Waals surface area (Å²) in [5.41, 5.74) is 3.04. The Morgan fingerprint density at radius 2 is 2.29 bits per heavy atom. The molecule has 4 nitrogen and oxygen atoms in total. The predicted molar refractivity (Wildman–Crippen MR) is 82.4 cm³/mol. The van der Waals surface area contributed by atoms with Crippen LogP contribution in [0.4, 0.5) is 0 Å². The van der Waals surface area contributed by atoms with Gasteiger partial charge in [0.2, 0.25) is 0 Å². The zero-order valence-electron chi connectivity index (χ0n) is 12.0. The summed E-state index contributed by atoms with van der Waals surface area (Å²) in [4.78, 5) is 18.3. The molecule has 2 aromatic rings. The molecule has 1 aromatic carbocycles. The third kappa shape index (κ3) is 2.84. The summed E-state index contributed by atoms with van der Waals surface area (Å²) in [6.45, 7) is 3.44. The summed E-state index contributed by atoms with van der Waals surface area (Å²) in [6.07, 6.45) is 1.82. The van der Waals surface area contributed by atoms with E-state index in [0.717, 1.165) is 41.2 Å². The third-order valence-electron chi connectivity index (χ3n) is 3.88. The van der Waals surface area contributed by atoms with Crippen LogP contribution in [0.3, 0.4) is 0 Å². The first kappa shape index (κ1) is 14.2. The van der Waals surface area contributed by atoms with E-state index in [1.165, 1.54) is 0 Å². The van der Waals surface area contributed by atoms with Gasteiger partial charge in [-0.1, -0.05) is 31.2 Å². The largest absolute Gasteiger partial charge is 0.480 e. The van der Waals surface area contributed by atoms with Crippen molar-refractivity contribution in [3.8, 4) is 0 Å².